The number of hydrogen-bond donors (Lipinski definition) is 0. The van der Waals surface area contributed by atoms with Crippen molar-refractivity contribution in [2.45, 2.75) is 26.6 Å². The van der Waals surface area contributed by atoms with Gasteiger partial charge in [0.15, 0.2) is 5.78 Å². The number of nitrogens with zero attached hydrogens (tertiary/aromatic N) is 3. The van der Waals surface area contributed by atoms with Gasteiger partial charge in [0.25, 0.3) is 5.56 Å². The number of fused-ring (bicyclic) bond motifs is 1. The molecule has 140 valence electrons. The number of rotatable bonds is 3. The lowest BCUT2D eigenvalue weighted by Gasteiger charge is -2.30. The van der Waals surface area contributed by atoms with Crippen LogP contribution in [0.5, 0.6) is 0 Å². The molecule has 1 saturated heterocycles. The third kappa shape index (κ3) is 3.57. The zero-order valence-electron chi connectivity index (χ0n) is 14.4. The van der Waals surface area contributed by atoms with E-state index >= 15 is 0 Å². The minimum Gasteiger partial charge on any atom is -0.378 e. The first-order valence-corrected chi connectivity index (χ1v) is 8.13. The zero-order valence-corrected chi connectivity index (χ0v) is 14.4. The van der Waals surface area contributed by atoms with Crippen LogP contribution in [0.4, 0.5) is 19.1 Å². The summed E-state index contributed by atoms with van der Waals surface area (Å²) >= 11 is 0. The number of ketones is 1. The third-order valence-corrected chi connectivity index (χ3v) is 4.19. The molecule has 0 bridgehead atoms. The number of benzene rings is 1. The third-order valence-electron chi connectivity index (χ3n) is 4.19. The van der Waals surface area contributed by atoms with Crippen LogP contribution in [0.1, 0.15) is 22.8 Å². The van der Waals surface area contributed by atoms with Gasteiger partial charge >= 0.3 is 6.18 Å². The monoisotopic (exact) mass is 369 g/mol. The molecule has 2 heterocycles. The molecule has 0 atom stereocenters. The van der Waals surface area contributed by atoms with Crippen molar-refractivity contribution in [2.24, 2.45) is 0 Å². The zero-order chi connectivity index (χ0) is 19.1. The van der Waals surface area contributed by atoms with Crippen molar-refractivity contribution in [3.63, 3.8) is 0 Å². The Hall–Kier alpha value is -2.42. The van der Waals surface area contributed by atoms with Gasteiger partial charge in [-0.25, -0.2) is 4.98 Å². The maximum atomic E-state index is 13.1. The molecular weight excluding hydrogens is 351 g/mol. The van der Waals surface area contributed by atoms with Gasteiger partial charge in [-0.05, 0) is 31.5 Å². The first-order chi connectivity index (χ1) is 12.2. The molecule has 1 aliphatic heterocycles. The van der Waals surface area contributed by atoms with Crippen molar-refractivity contribution in [1.29, 1.82) is 0 Å². The van der Waals surface area contributed by atoms with Crippen molar-refractivity contribution in [3.05, 3.63) is 33.6 Å². The van der Waals surface area contributed by atoms with Crippen LogP contribution in [0.3, 0.4) is 0 Å². The molecule has 1 aliphatic rings. The highest BCUT2D eigenvalue weighted by Crippen LogP contribution is 2.25. The second kappa shape index (κ2) is 6.71. The van der Waals surface area contributed by atoms with Crippen LogP contribution in [0.15, 0.2) is 16.9 Å². The molecule has 26 heavy (non-hydrogen) atoms. The summed E-state index contributed by atoms with van der Waals surface area (Å²) in [7, 11) is 0. The molecule has 0 aliphatic carbocycles. The summed E-state index contributed by atoms with van der Waals surface area (Å²) in [6.07, 6.45) is -4.58. The molecule has 1 fully saturated rings. The fraction of sp³-hybridized carbons (Fsp3) is 0.471. The van der Waals surface area contributed by atoms with Gasteiger partial charge in [-0.2, -0.15) is 13.2 Å². The molecule has 3 rings (SSSR count). The number of Topliss-reactive ketones (excluding diaryl/α,β-unsaturated/α-hetero) is 1. The predicted octanol–water partition coefficient (Wildman–Crippen LogP) is 2.31. The van der Waals surface area contributed by atoms with Crippen LogP contribution in [-0.4, -0.2) is 47.8 Å². The van der Waals surface area contributed by atoms with E-state index in [2.05, 4.69) is 4.98 Å². The standard InChI is InChI=1S/C17H18F3N3O3/c1-10-7-12(11(2)24)14-13(8-10)15(25)23(9-17(18,19)20)16(21-14)22-3-5-26-6-4-22/h7-8H,3-6,9H2,1-2H3. The van der Waals surface area contributed by atoms with Crippen LogP contribution in [0.25, 0.3) is 10.9 Å². The van der Waals surface area contributed by atoms with E-state index in [1.807, 2.05) is 0 Å². The number of anilines is 1. The lowest BCUT2D eigenvalue weighted by molar-refractivity contribution is -0.141. The number of aromatic nitrogens is 2. The number of carbonyl (C=O) groups is 1. The summed E-state index contributed by atoms with van der Waals surface area (Å²) in [6, 6.07) is 3.06. The molecule has 1 aromatic heterocycles. The van der Waals surface area contributed by atoms with E-state index in [4.69, 9.17) is 4.74 Å². The number of halogens is 3. The summed E-state index contributed by atoms with van der Waals surface area (Å²) in [5, 5.41) is 0.0106. The molecular formula is C17H18F3N3O3. The van der Waals surface area contributed by atoms with E-state index < -0.39 is 18.3 Å². The molecule has 0 N–H and O–H groups in total. The van der Waals surface area contributed by atoms with Crippen molar-refractivity contribution < 1.29 is 22.7 Å². The summed E-state index contributed by atoms with van der Waals surface area (Å²) in [5.41, 5.74) is 0.165. The second-order valence-electron chi connectivity index (χ2n) is 6.28. The second-order valence-corrected chi connectivity index (χ2v) is 6.28. The van der Waals surface area contributed by atoms with Crippen LogP contribution in [-0.2, 0) is 11.3 Å². The first-order valence-electron chi connectivity index (χ1n) is 8.13. The van der Waals surface area contributed by atoms with E-state index in [0.717, 1.165) is 0 Å². The Morgan fingerprint density at radius 1 is 1.27 bits per heavy atom. The Labute approximate surface area is 147 Å². The SMILES string of the molecule is CC(=O)c1cc(C)cc2c(=O)n(CC(F)(F)F)c(N3CCOCC3)nc12. The minimum atomic E-state index is -4.58. The molecule has 0 saturated carbocycles. The van der Waals surface area contributed by atoms with Crippen molar-refractivity contribution >= 4 is 22.6 Å². The Balaban J connectivity index is 2.32. The largest absolute Gasteiger partial charge is 0.406 e. The highest BCUT2D eigenvalue weighted by atomic mass is 19.4. The smallest absolute Gasteiger partial charge is 0.378 e. The molecule has 1 aromatic carbocycles. The topological polar surface area (TPSA) is 64.4 Å². The lowest BCUT2D eigenvalue weighted by atomic mass is 10.0. The van der Waals surface area contributed by atoms with Crippen LogP contribution in [0.2, 0.25) is 0 Å². The average Bonchev–Trinajstić information content (AvgIpc) is 2.56. The fourth-order valence-corrected chi connectivity index (χ4v) is 3.05. The highest BCUT2D eigenvalue weighted by molar-refractivity contribution is 6.05. The molecule has 2 aromatic rings. The van der Waals surface area contributed by atoms with Crippen LogP contribution >= 0.6 is 0 Å². The normalized spacial score (nSPS) is 15.5. The Bertz CT molecular complexity index is 915. The van der Waals surface area contributed by atoms with Gasteiger partial charge in [0, 0.05) is 18.7 Å². The maximum absolute atomic E-state index is 13.1. The summed E-state index contributed by atoms with van der Waals surface area (Å²) in [5.74, 6) is -0.387. The van der Waals surface area contributed by atoms with Gasteiger partial charge in [0.05, 0.1) is 24.1 Å². The fourth-order valence-electron chi connectivity index (χ4n) is 3.05. The Morgan fingerprint density at radius 2 is 1.92 bits per heavy atom. The maximum Gasteiger partial charge on any atom is 0.406 e. The van der Waals surface area contributed by atoms with E-state index in [-0.39, 0.29) is 28.2 Å². The van der Waals surface area contributed by atoms with Crippen molar-refractivity contribution in [3.8, 4) is 0 Å². The quantitative estimate of drug-likeness (QED) is 0.777. The van der Waals surface area contributed by atoms with Gasteiger partial charge in [0.1, 0.15) is 6.54 Å². The van der Waals surface area contributed by atoms with Gasteiger partial charge in [-0.1, -0.05) is 0 Å². The number of aryl methyl sites for hydroxylation is 1. The molecule has 0 spiro atoms. The summed E-state index contributed by atoms with van der Waals surface area (Å²) in [4.78, 5) is 30.7. The van der Waals surface area contributed by atoms with E-state index in [1.54, 1.807) is 17.9 Å². The number of hydrogen-bond acceptors (Lipinski definition) is 5. The van der Waals surface area contributed by atoms with Gasteiger partial charge in [-0.3, -0.25) is 14.2 Å². The number of ether oxygens (including phenoxy) is 1. The van der Waals surface area contributed by atoms with E-state index in [1.165, 1.54) is 13.0 Å². The highest BCUT2D eigenvalue weighted by Gasteiger charge is 2.32. The number of morpholine rings is 1. The van der Waals surface area contributed by atoms with Crippen LogP contribution in [0, 0.1) is 6.92 Å². The molecule has 6 nitrogen and oxygen atoms in total. The predicted molar refractivity (Wildman–Crippen MR) is 89.8 cm³/mol. The summed E-state index contributed by atoms with van der Waals surface area (Å²) < 4.78 is 45.1. The first kappa shape index (κ1) is 18.4. The average molecular weight is 369 g/mol. The van der Waals surface area contributed by atoms with Gasteiger partial charge in [0.2, 0.25) is 5.95 Å². The Kier molecular flexibility index (Phi) is 4.74. The summed E-state index contributed by atoms with van der Waals surface area (Å²) in [6.45, 7) is 2.86. The van der Waals surface area contributed by atoms with E-state index in [9.17, 15) is 22.8 Å². The van der Waals surface area contributed by atoms with Crippen molar-refractivity contribution in [1.82, 2.24) is 9.55 Å². The number of alkyl halides is 3. The lowest BCUT2D eigenvalue weighted by Crippen LogP contribution is -2.42. The molecule has 0 unspecified atom stereocenters. The van der Waals surface area contributed by atoms with Crippen LogP contribution < -0.4 is 10.5 Å². The van der Waals surface area contributed by atoms with Gasteiger partial charge < -0.3 is 9.64 Å². The molecule has 0 radical (unpaired) electrons. The molecule has 0 amide bonds. The van der Waals surface area contributed by atoms with E-state index in [0.29, 0.717) is 36.4 Å². The minimum absolute atomic E-state index is 0.0106. The molecule has 9 heteroatoms. The number of carbonyl (C=O) groups excluding carboxylic acids is 1. The van der Waals surface area contributed by atoms with Gasteiger partial charge in [-0.15, -0.1) is 0 Å². The Morgan fingerprint density at radius 3 is 2.50 bits per heavy atom. The van der Waals surface area contributed by atoms with Crippen molar-refractivity contribution in [2.75, 3.05) is 31.2 Å².